The molecular weight excluding hydrogens is 308 g/mol. The zero-order valence-corrected chi connectivity index (χ0v) is 15.4. The van der Waals surface area contributed by atoms with Gasteiger partial charge in [0.05, 0.1) is 6.61 Å². The van der Waals surface area contributed by atoms with E-state index in [0.717, 1.165) is 31.6 Å². The molecule has 25 heavy (non-hydrogen) atoms. The lowest BCUT2D eigenvalue weighted by Crippen LogP contribution is -2.01. The van der Waals surface area contributed by atoms with Crippen LogP contribution in [-0.4, -0.2) is 19.0 Å². The highest BCUT2D eigenvalue weighted by Gasteiger charge is 2.19. The number of ether oxygens (including phenoxy) is 1. The van der Waals surface area contributed by atoms with Gasteiger partial charge in [-0.2, -0.15) is 0 Å². The van der Waals surface area contributed by atoms with Gasteiger partial charge in [-0.15, -0.1) is 0 Å². The highest BCUT2D eigenvalue weighted by atomic mass is 16.5. The number of rotatable bonds is 9. The number of carbonyl (C=O) groups excluding carboxylic acids is 1. The summed E-state index contributed by atoms with van der Waals surface area (Å²) >= 11 is 0. The third-order valence-corrected chi connectivity index (χ3v) is 5.03. The Labute approximate surface area is 151 Å². The summed E-state index contributed by atoms with van der Waals surface area (Å²) < 4.78 is 5.77. The molecule has 2 aromatic rings. The Kier molecular flexibility index (Phi) is 6.04. The Bertz CT molecular complexity index is 746. The monoisotopic (exact) mass is 336 g/mol. The van der Waals surface area contributed by atoms with Gasteiger partial charge >= 0.3 is 0 Å². The normalized spacial score (nSPS) is 12.1. The fourth-order valence-corrected chi connectivity index (χ4v) is 3.56. The Hall–Kier alpha value is -1.93. The molecule has 0 heterocycles. The SMILES string of the molecule is CCCCCCOCCc1ccc2c(c1)Cc1cc(C(C)=O)ccc1-2. The largest absolute Gasteiger partial charge is 0.381 e. The van der Waals surface area contributed by atoms with Crippen molar-refractivity contribution >= 4 is 5.78 Å². The molecule has 2 aromatic carbocycles. The Morgan fingerprint density at radius 1 is 0.960 bits per heavy atom. The van der Waals surface area contributed by atoms with E-state index in [4.69, 9.17) is 4.74 Å². The number of benzene rings is 2. The van der Waals surface area contributed by atoms with Crippen molar-refractivity contribution < 1.29 is 9.53 Å². The van der Waals surface area contributed by atoms with Gasteiger partial charge in [-0.1, -0.05) is 56.5 Å². The number of Topliss-reactive ketones (excluding diaryl/α,β-unsaturated/α-hetero) is 1. The first-order valence-electron chi connectivity index (χ1n) is 9.53. The molecule has 0 radical (unpaired) electrons. The fourth-order valence-electron chi connectivity index (χ4n) is 3.56. The average molecular weight is 336 g/mol. The molecule has 2 heteroatoms. The smallest absolute Gasteiger partial charge is 0.159 e. The first-order valence-corrected chi connectivity index (χ1v) is 9.53. The minimum atomic E-state index is 0.135. The molecule has 0 N–H and O–H groups in total. The van der Waals surface area contributed by atoms with E-state index in [1.165, 1.54) is 53.5 Å². The lowest BCUT2D eigenvalue weighted by molar-refractivity contribution is 0.101. The number of fused-ring (bicyclic) bond motifs is 3. The van der Waals surface area contributed by atoms with Crippen LogP contribution in [0.3, 0.4) is 0 Å². The van der Waals surface area contributed by atoms with E-state index in [1.54, 1.807) is 6.92 Å². The molecule has 0 atom stereocenters. The summed E-state index contributed by atoms with van der Waals surface area (Å²) in [7, 11) is 0. The van der Waals surface area contributed by atoms with Crippen LogP contribution in [0.15, 0.2) is 36.4 Å². The van der Waals surface area contributed by atoms with Crippen LogP contribution >= 0.6 is 0 Å². The maximum absolute atomic E-state index is 11.6. The van der Waals surface area contributed by atoms with Gasteiger partial charge in [-0.05, 0) is 60.1 Å². The second-order valence-electron chi connectivity index (χ2n) is 7.02. The predicted molar refractivity (Wildman–Crippen MR) is 103 cm³/mol. The zero-order chi connectivity index (χ0) is 17.6. The van der Waals surface area contributed by atoms with Crippen molar-refractivity contribution in [3.05, 3.63) is 58.7 Å². The van der Waals surface area contributed by atoms with Crippen LogP contribution in [0.2, 0.25) is 0 Å². The van der Waals surface area contributed by atoms with Gasteiger partial charge in [-0.25, -0.2) is 0 Å². The topological polar surface area (TPSA) is 26.3 Å². The molecule has 0 saturated carbocycles. The maximum Gasteiger partial charge on any atom is 0.159 e. The van der Waals surface area contributed by atoms with E-state index >= 15 is 0 Å². The Morgan fingerprint density at radius 2 is 1.72 bits per heavy atom. The molecule has 0 saturated heterocycles. The highest BCUT2D eigenvalue weighted by Crippen LogP contribution is 2.37. The molecule has 0 spiro atoms. The van der Waals surface area contributed by atoms with Gasteiger partial charge in [0, 0.05) is 12.2 Å². The molecule has 2 nitrogen and oxygen atoms in total. The molecular formula is C23H28O2. The van der Waals surface area contributed by atoms with Crippen molar-refractivity contribution in [1.82, 2.24) is 0 Å². The third kappa shape index (κ3) is 4.38. The molecule has 1 aliphatic carbocycles. The second-order valence-corrected chi connectivity index (χ2v) is 7.02. The van der Waals surface area contributed by atoms with Crippen molar-refractivity contribution in [1.29, 1.82) is 0 Å². The summed E-state index contributed by atoms with van der Waals surface area (Å²) in [6.45, 7) is 5.54. The quantitative estimate of drug-likeness (QED) is 0.375. The van der Waals surface area contributed by atoms with Crippen LogP contribution in [0.1, 0.15) is 66.6 Å². The lowest BCUT2D eigenvalue weighted by atomic mass is 10.0. The van der Waals surface area contributed by atoms with Gasteiger partial charge in [-0.3, -0.25) is 4.79 Å². The number of hydrogen-bond donors (Lipinski definition) is 0. The average Bonchev–Trinajstić information content (AvgIpc) is 2.97. The van der Waals surface area contributed by atoms with Crippen molar-refractivity contribution in [2.75, 3.05) is 13.2 Å². The Balaban J connectivity index is 1.57. The number of hydrogen-bond acceptors (Lipinski definition) is 2. The van der Waals surface area contributed by atoms with Crippen LogP contribution < -0.4 is 0 Å². The van der Waals surface area contributed by atoms with E-state index in [0.29, 0.717) is 0 Å². The molecule has 0 fully saturated rings. The van der Waals surface area contributed by atoms with Crippen LogP contribution in [0.25, 0.3) is 11.1 Å². The first-order chi connectivity index (χ1) is 12.2. The van der Waals surface area contributed by atoms with Crippen molar-refractivity contribution in [3.63, 3.8) is 0 Å². The molecule has 0 amide bonds. The maximum atomic E-state index is 11.6. The summed E-state index contributed by atoms with van der Waals surface area (Å²) in [5, 5.41) is 0. The molecule has 0 aliphatic heterocycles. The minimum Gasteiger partial charge on any atom is -0.381 e. The molecule has 0 aromatic heterocycles. The van der Waals surface area contributed by atoms with E-state index < -0.39 is 0 Å². The van der Waals surface area contributed by atoms with E-state index in [-0.39, 0.29) is 5.78 Å². The van der Waals surface area contributed by atoms with Crippen LogP contribution in [0, 0.1) is 0 Å². The minimum absolute atomic E-state index is 0.135. The van der Waals surface area contributed by atoms with Gasteiger partial charge in [0.15, 0.2) is 5.78 Å². The van der Waals surface area contributed by atoms with Crippen LogP contribution in [-0.2, 0) is 17.6 Å². The van der Waals surface area contributed by atoms with Crippen LogP contribution in [0.4, 0.5) is 0 Å². The number of unbranched alkanes of at least 4 members (excludes halogenated alkanes) is 3. The van der Waals surface area contributed by atoms with E-state index in [1.807, 2.05) is 6.07 Å². The lowest BCUT2D eigenvalue weighted by Gasteiger charge is -2.07. The standard InChI is InChI=1S/C23H28O2/c1-3-4-5-6-12-25-13-11-18-7-9-22-20(14-18)16-21-15-19(17(2)24)8-10-23(21)22/h7-10,14-15H,3-6,11-13,16H2,1-2H3. The Morgan fingerprint density at radius 3 is 2.48 bits per heavy atom. The molecule has 1 aliphatic rings. The summed E-state index contributed by atoms with van der Waals surface area (Å²) in [6, 6.07) is 12.8. The first kappa shape index (κ1) is 17.9. The third-order valence-electron chi connectivity index (χ3n) is 5.03. The van der Waals surface area contributed by atoms with Gasteiger partial charge in [0.25, 0.3) is 0 Å². The summed E-state index contributed by atoms with van der Waals surface area (Å²) in [5.74, 6) is 0.135. The molecule has 0 bridgehead atoms. The van der Waals surface area contributed by atoms with Crippen molar-refractivity contribution in [3.8, 4) is 11.1 Å². The fraction of sp³-hybridized carbons (Fsp3) is 0.435. The predicted octanol–water partition coefficient (Wildman–Crippen LogP) is 5.60. The summed E-state index contributed by atoms with van der Waals surface area (Å²) in [4.78, 5) is 11.6. The zero-order valence-electron chi connectivity index (χ0n) is 15.4. The van der Waals surface area contributed by atoms with E-state index in [9.17, 15) is 4.79 Å². The highest BCUT2D eigenvalue weighted by molar-refractivity contribution is 5.95. The van der Waals surface area contributed by atoms with Crippen LogP contribution in [0.5, 0.6) is 0 Å². The second kappa shape index (κ2) is 8.44. The van der Waals surface area contributed by atoms with Crippen molar-refractivity contribution in [2.24, 2.45) is 0 Å². The van der Waals surface area contributed by atoms with E-state index in [2.05, 4.69) is 37.3 Å². The number of ketones is 1. The van der Waals surface area contributed by atoms with Crippen molar-refractivity contribution in [2.45, 2.75) is 52.4 Å². The summed E-state index contributed by atoms with van der Waals surface area (Å²) in [5.41, 5.74) is 7.38. The summed E-state index contributed by atoms with van der Waals surface area (Å²) in [6.07, 6.45) is 6.92. The molecule has 3 rings (SSSR count). The van der Waals surface area contributed by atoms with Gasteiger partial charge < -0.3 is 4.74 Å². The van der Waals surface area contributed by atoms with Gasteiger partial charge in [0.2, 0.25) is 0 Å². The molecule has 132 valence electrons. The van der Waals surface area contributed by atoms with Gasteiger partial charge in [0.1, 0.15) is 0 Å². The molecule has 0 unspecified atom stereocenters. The number of carbonyl (C=O) groups is 1.